The summed E-state index contributed by atoms with van der Waals surface area (Å²) in [5.74, 6) is 0. The Balaban J connectivity index is 2.16. The average molecular weight is 286 g/mol. The highest BCUT2D eigenvalue weighted by atomic mass is 16.4. The molecule has 0 aliphatic carbocycles. The number of rotatable bonds is 1. The van der Waals surface area contributed by atoms with Crippen molar-refractivity contribution in [1.29, 1.82) is 0 Å². The third-order valence-electron chi connectivity index (χ3n) is 4.22. The Labute approximate surface area is 125 Å². The van der Waals surface area contributed by atoms with E-state index in [0.29, 0.717) is 0 Å². The van der Waals surface area contributed by atoms with Crippen molar-refractivity contribution in [2.75, 3.05) is 18.0 Å². The standard InChI is InChI=1S/C17H22N2O2/c1-17(2,3)15-11-12-10-13(18-8-4-5-9-18)6-7-14(12)19(15)16(20)21/h6-7,10-11H,4-5,8-9H2,1-3H3,(H,20,21). The summed E-state index contributed by atoms with van der Waals surface area (Å²) in [5.41, 5.74) is 2.60. The zero-order valence-electron chi connectivity index (χ0n) is 12.9. The molecule has 2 heterocycles. The van der Waals surface area contributed by atoms with Crippen LogP contribution in [0.4, 0.5) is 10.5 Å². The van der Waals surface area contributed by atoms with Gasteiger partial charge in [-0.15, -0.1) is 0 Å². The summed E-state index contributed by atoms with van der Waals surface area (Å²) in [6.45, 7) is 8.32. The molecule has 0 saturated carbocycles. The van der Waals surface area contributed by atoms with Gasteiger partial charge in [-0.2, -0.15) is 0 Å². The molecule has 0 atom stereocenters. The summed E-state index contributed by atoms with van der Waals surface area (Å²) in [5, 5.41) is 10.6. The predicted molar refractivity (Wildman–Crippen MR) is 85.5 cm³/mol. The van der Waals surface area contributed by atoms with Crippen molar-refractivity contribution in [1.82, 2.24) is 4.57 Å². The summed E-state index contributed by atoms with van der Waals surface area (Å²) in [4.78, 5) is 14.0. The van der Waals surface area contributed by atoms with Crippen molar-refractivity contribution in [2.45, 2.75) is 39.0 Å². The molecular formula is C17H22N2O2. The normalized spacial score (nSPS) is 15.9. The van der Waals surface area contributed by atoms with E-state index >= 15 is 0 Å². The van der Waals surface area contributed by atoms with Gasteiger partial charge in [0.25, 0.3) is 0 Å². The summed E-state index contributed by atoms with van der Waals surface area (Å²) < 4.78 is 1.42. The fourth-order valence-electron chi connectivity index (χ4n) is 3.13. The molecule has 1 N–H and O–H groups in total. The molecule has 1 saturated heterocycles. The van der Waals surface area contributed by atoms with Crippen molar-refractivity contribution in [3.63, 3.8) is 0 Å². The molecule has 21 heavy (non-hydrogen) atoms. The zero-order chi connectivity index (χ0) is 15.2. The van der Waals surface area contributed by atoms with Gasteiger partial charge in [-0.05, 0) is 37.1 Å². The van der Waals surface area contributed by atoms with Gasteiger partial charge in [0.05, 0.1) is 5.52 Å². The van der Waals surface area contributed by atoms with Crippen molar-refractivity contribution in [3.8, 4) is 0 Å². The van der Waals surface area contributed by atoms with E-state index < -0.39 is 6.09 Å². The Bertz CT molecular complexity index is 689. The van der Waals surface area contributed by atoms with Crippen LogP contribution in [0.15, 0.2) is 24.3 Å². The van der Waals surface area contributed by atoms with Crippen LogP contribution in [0.5, 0.6) is 0 Å². The molecule has 0 unspecified atom stereocenters. The first-order chi connectivity index (χ1) is 9.88. The molecule has 0 bridgehead atoms. The largest absolute Gasteiger partial charge is 0.464 e. The smallest absolute Gasteiger partial charge is 0.416 e. The first-order valence-electron chi connectivity index (χ1n) is 7.52. The molecule has 112 valence electrons. The number of hydrogen-bond donors (Lipinski definition) is 1. The Morgan fingerprint density at radius 1 is 1.14 bits per heavy atom. The number of hydrogen-bond acceptors (Lipinski definition) is 2. The fraction of sp³-hybridized carbons (Fsp3) is 0.471. The third-order valence-corrected chi connectivity index (χ3v) is 4.22. The quantitative estimate of drug-likeness (QED) is 0.859. The Morgan fingerprint density at radius 2 is 1.81 bits per heavy atom. The van der Waals surface area contributed by atoms with Crippen LogP contribution in [0.3, 0.4) is 0 Å². The van der Waals surface area contributed by atoms with Gasteiger partial charge in [0.2, 0.25) is 0 Å². The van der Waals surface area contributed by atoms with E-state index in [1.54, 1.807) is 0 Å². The highest BCUT2D eigenvalue weighted by Gasteiger charge is 2.24. The molecule has 1 aliphatic rings. The van der Waals surface area contributed by atoms with Crippen LogP contribution in [-0.4, -0.2) is 28.9 Å². The van der Waals surface area contributed by atoms with Gasteiger partial charge < -0.3 is 10.0 Å². The van der Waals surface area contributed by atoms with Gasteiger partial charge in [-0.3, -0.25) is 0 Å². The van der Waals surface area contributed by atoms with Crippen molar-refractivity contribution in [2.24, 2.45) is 0 Å². The molecule has 0 amide bonds. The van der Waals surface area contributed by atoms with Gasteiger partial charge in [0, 0.05) is 35.3 Å². The van der Waals surface area contributed by atoms with E-state index in [4.69, 9.17) is 0 Å². The van der Waals surface area contributed by atoms with E-state index in [1.807, 2.05) is 39.0 Å². The van der Waals surface area contributed by atoms with E-state index in [1.165, 1.54) is 23.1 Å². The molecule has 4 nitrogen and oxygen atoms in total. The van der Waals surface area contributed by atoms with E-state index in [0.717, 1.165) is 29.7 Å². The average Bonchev–Trinajstić information content (AvgIpc) is 3.04. The third kappa shape index (κ3) is 2.39. The summed E-state index contributed by atoms with van der Waals surface area (Å²) >= 11 is 0. The second kappa shape index (κ2) is 4.79. The molecule has 0 spiro atoms. The van der Waals surface area contributed by atoms with Gasteiger partial charge in [0.1, 0.15) is 0 Å². The van der Waals surface area contributed by atoms with Gasteiger partial charge in [0.15, 0.2) is 0 Å². The molecule has 1 aromatic carbocycles. The maximum Gasteiger partial charge on any atom is 0.416 e. The summed E-state index contributed by atoms with van der Waals surface area (Å²) in [6.07, 6.45) is 1.56. The lowest BCUT2D eigenvalue weighted by atomic mass is 9.92. The second-order valence-corrected chi connectivity index (χ2v) is 6.83. The number of carbonyl (C=O) groups is 1. The first-order valence-corrected chi connectivity index (χ1v) is 7.52. The molecule has 4 heteroatoms. The van der Waals surface area contributed by atoms with Crippen molar-refractivity contribution >= 4 is 22.7 Å². The molecule has 1 aromatic heterocycles. The predicted octanol–water partition coefficient (Wildman–Crippen LogP) is 4.07. The maximum atomic E-state index is 11.6. The molecule has 2 aromatic rings. The van der Waals surface area contributed by atoms with Crippen LogP contribution in [-0.2, 0) is 5.41 Å². The molecule has 1 fully saturated rings. The lowest BCUT2D eigenvalue weighted by Crippen LogP contribution is -2.21. The molecular weight excluding hydrogens is 264 g/mol. The van der Waals surface area contributed by atoms with Crippen LogP contribution >= 0.6 is 0 Å². The van der Waals surface area contributed by atoms with E-state index in [9.17, 15) is 9.90 Å². The molecule has 0 radical (unpaired) electrons. The van der Waals surface area contributed by atoms with E-state index in [-0.39, 0.29) is 5.41 Å². The number of carboxylic acid groups (broad SMARTS) is 1. The van der Waals surface area contributed by atoms with Crippen molar-refractivity contribution in [3.05, 3.63) is 30.0 Å². The highest BCUT2D eigenvalue weighted by Crippen LogP contribution is 2.32. The summed E-state index contributed by atoms with van der Waals surface area (Å²) in [6, 6.07) is 8.12. The topological polar surface area (TPSA) is 45.5 Å². The van der Waals surface area contributed by atoms with Crippen LogP contribution < -0.4 is 4.90 Å². The zero-order valence-corrected chi connectivity index (χ0v) is 12.9. The van der Waals surface area contributed by atoms with Crippen LogP contribution in [0.2, 0.25) is 0 Å². The Morgan fingerprint density at radius 3 is 2.38 bits per heavy atom. The van der Waals surface area contributed by atoms with Crippen molar-refractivity contribution < 1.29 is 9.90 Å². The number of fused-ring (bicyclic) bond motifs is 1. The minimum atomic E-state index is -0.913. The monoisotopic (exact) mass is 286 g/mol. The minimum absolute atomic E-state index is 0.203. The van der Waals surface area contributed by atoms with Crippen LogP contribution in [0.25, 0.3) is 10.9 Å². The Hall–Kier alpha value is -1.97. The SMILES string of the molecule is CC(C)(C)c1cc2cc(N3CCCC3)ccc2n1C(=O)O. The van der Waals surface area contributed by atoms with Crippen LogP contribution in [0, 0.1) is 0 Å². The number of aromatic nitrogens is 1. The number of anilines is 1. The molecule has 1 aliphatic heterocycles. The lowest BCUT2D eigenvalue weighted by Gasteiger charge is -2.19. The maximum absolute atomic E-state index is 11.6. The second-order valence-electron chi connectivity index (χ2n) is 6.83. The highest BCUT2D eigenvalue weighted by molar-refractivity contribution is 5.92. The minimum Gasteiger partial charge on any atom is -0.464 e. The van der Waals surface area contributed by atoms with Gasteiger partial charge in [-0.1, -0.05) is 20.8 Å². The number of benzene rings is 1. The van der Waals surface area contributed by atoms with Gasteiger partial charge >= 0.3 is 6.09 Å². The Kier molecular flexibility index (Phi) is 3.19. The first kappa shape index (κ1) is 14.0. The fourth-order valence-corrected chi connectivity index (χ4v) is 3.13. The van der Waals surface area contributed by atoms with Gasteiger partial charge in [-0.25, -0.2) is 9.36 Å². The summed E-state index contributed by atoms with van der Waals surface area (Å²) in [7, 11) is 0. The van der Waals surface area contributed by atoms with Crippen LogP contribution in [0.1, 0.15) is 39.3 Å². The van der Waals surface area contributed by atoms with E-state index in [2.05, 4.69) is 11.0 Å². The number of nitrogens with zero attached hydrogens (tertiary/aromatic N) is 2. The lowest BCUT2D eigenvalue weighted by molar-refractivity contribution is 0.195. The molecule has 3 rings (SSSR count).